The highest BCUT2D eigenvalue weighted by molar-refractivity contribution is 5.74. The van der Waals surface area contributed by atoms with Crippen LogP contribution in [-0.2, 0) is 11.2 Å². The number of carbonyl (C=O) groups is 1. The summed E-state index contributed by atoms with van der Waals surface area (Å²) in [7, 11) is 0. The lowest BCUT2D eigenvalue weighted by atomic mass is 10.1. The molecule has 1 aromatic carbocycles. The summed E-state index contributed by atoms with van der Waals surface area (Å²) >= 11 is 0. The molecule has 1 aromatic rings. The molecule has 20 heavy (non-hydrogen) atoms. The number of amides is 2. The van der Waals surface area contributed by atoms with Gasteiger partial charge in [-0.2, -0.15) is 0 Å². The Morgan fingerprint density at radius 2 is 2.10 bits per heavy atom. The number of morpholine rings is 1. The van der Waals surface area contributed by atoms with Crippen molar-refractivity contribution in [1.82, 2.24) is 10.2 Å². The minimum absolute atomic E-state index is 0.0278. The number of hydrogen-bond donors (Lipinski definition) is 1. The van der Waals surface area contributed by atoms with Crippen molar-refractivity contribution in [3.8, 4) is 0 Å². The van der Waals surface area contributed by atoms with E-state index in [4.69, 9.17) is 4.74 Å². The van der Waals surface area contributed by atoms with Crippen LogP contribution in [0.3, 0.4) is 0 Å². The predicted molar refractivity (Wildman–Crippen MR) is 79.7 cm³/mol. The Morgan fingerprint density at radius 1 is 1.35 bits per heavy atom. The Morgan fingerprint density at radius 3 is 2.80 bits per heavy atom. The van der Waals surface area contributed by atoms with Crippen LogP contribution >= 0.6 is 0 Å². The van der Waals surface area contributed by atoms with E-state index in [1.807, 2.05) is 30.0 Å². The third-order valence-corrected chi connectivity index (χ3v) is 3.45. The Bertz CT molecular complexity index is 422. The standard InChI is InChI=1S/C16H24N2O2/c1-3-9-17-16(19)18-11-13(2)20-15(12-18)10-14-7-5-4-6-8-14/h4-8,13,15H,3,9-12H2,1-2H3,(H,17,19). The molecule has 0 saturated carbocycles. The van der Waals surface area contributed by atoms with Crippen molar-refractivity contribution in [3.05, 3.63) is 35.9 Å². The maximum Gasteiger partial charge on any atom is 0.317 e. The lowest BCUT2D eigenvalue weighted by Crippen LogP contribution is -2.53. The summed E-state index contributed by atoms with van der Waals surface area (Å²) in [6.07, 6.45) is 1.97. The first-order valence-electron chi connectivity index (χ1n) is 7.41. The number of nitrogens with one attached hydrogen (secondary N) is 1. The molecule has 2 atom stereocenters. The first-order chi connectivity index (χ1) is 9.69. The molecule has 1 aliphatic heterocycles. The fourth-order valence-corrected chi connectivity index (χ4v) is 2.54. The zero-order valence-electron chi connectivity index (χ0n) is 12.3. The van der Waals surface area contributed by atoms with Crippen LogP contribution in [0.25, 0.3) is 0 Å². The molecule has 0 aromatic heterocycles. The quantitative estimate of drug-likeness (QED) is 0.917. The molecule has 1 heterocycles. The van der Waals surface area contributed by atoms with E-state index in [2.05, 4.69) is 24.4 Å². The molecule has 4 nitrogen and oxygen atoms in total. The molecule has 4 heteroatoms. The van der Waals surface area contributed by atoms with Crippen molar-refractivity contribution in [2.24, 2.45) is 0 Å². The largest absolute Gasteiger partial charge is 0.371 e. The van der Waals surface area contributed by atoms with Gasteiger partial charge in [0.15, 0.2) is 0 Å². The molecular weight excluding hydrogens is 252 g/mol. The zero-order chi connectivity index (χ0) is 14.4. The molecule has 1 N–H and O–H groups in total. The molecule has 1 fully saturated rings. The smallest absolute Gasteiger partial charge is 0.317 e. The number of nitrogens with zero attached hydrogens (tertiary/aromatic N) is 1. The second kappa shape index (κ2) is 7.29. The first-order valence-corrected chi connectivity index (χ1v) is 7.41. The molecule has 0 spiro atoms. The number of rotatable bonds is 4. The topological polar surface area (TPSA) is 41.6 Å². The van der Waals surface area contributed by atoms with Gasteiger partial charge in [-0.1, -0.05) is 37.3 Å². The van der Waals surface area contributed by atoms with Gasteiger partial charge in [-0.3, -0.25) is 0 Å². The van der Waals surface area contributed by atoms with Gasteiger partial charge in [0.05, 0.1) is 12.2 Å². The molecule has 2 unspecified atom stereocenters. The van der Waals surface area contributed by atoms with E-state index in [0.29, 0.717) is 13.1 Å². The average molecular weight is 276 g/mol. The summed E-state index contributed by atoms with van der Waals surface area (Å²) in [4.78, 5) is 13.9. The third kappa shape index (κ3) is 4.23. The van der Waals surface area contributed by atoms with Gasteiger partial charge in [-0.15, -0.1) is 0 Å². The summed E-state index contributed by atoms with van der Waals surface area (Å²) in [5, 5.41) is 2.94. The Balaban J connectivity index is 1.92. The summed E-state index contributed by atoms with van der Waals surface area (Å²) in [5.74, 6) is 0. The van der Waals surface area contributed by atoms with Crippen molar-refractivity contribution < 1.29 is 9.53 Å². The van der Waals surface area contributed by atoms with Crippen LogP contribution < -0.4 is 5.32 Å². The summed E-state index contributed by atoms with van der Waals surface area (Å²) in [6, 6.07) is 10.3. The number of carbonyl (C=O) groups excluding carboxylic acids is 1. The SMILES string of the molecule is CCCNC(=O)N1CC(C)OC(Cc2ccccc2)C1. The van der Waals surface area contributed by atoms with Gasteiger partial charge in [0.2, 0.25) is 0 Å². The first kappa shape index (κ1) is 14.9. The number of urea groups is 1. The highest BCUT2D eigenvalue weighted by atomic mass is 16.5. The van der Waals surface area contributed by atoms with E-state index in [1.54, 1.807) is 0 Å². The van der Waals surface area contributed by atoms with Crippen molar-refractivity contribution in [2.75, 3.05) is 19.6 Å². The van der Waals surface area contributed by atoms with Gasteiger partial charge in [0.25, 0.3) is 0 Å². The lowest BCUT2D eigenvalue weighted by molar-refractivity contribution is -0.0628. The normalized spacial score (nSPS) is 22.6. The van der Waals surface area contributed by atoms with Crippen LogP contribution in [0.15, 0.2) is 30.3 Å². The van der Waals surface area contributed by atoms with Crippen LogP contribution in [0.1, 0.15) is 25.8 Å². The van der Waals surface area contributed by atoms with Crippen molar-refractivity contribution in [1.29, 1.82) is 0 Å². The summed E-state index contributed by atoms with van der Waals surface area (Å²) in [5.41, 5.74) is 1.25. The van der Waals surface area contributed by atoms with Crippen molar-refractivity contribution in [2.45, 2.75) is 38.9 Å². The average Bonchev–Trinajstić information content (AvgIpc) is 2.45. The maximum atomic E-state index is 12.1. The lowest BCUT2D eigenvalue weighted by Gasteiger charge is -2.36. The minimum Gasteiger partial charge on any atom is -0.371 e. The maximum absolute atomic E-state index is 12.1. The number of ether oxygens (including phenoxy) is 1. The van der Waals surface area contributed by atoms with Crippen LogP contribution in [0, 0.1) is 0 Å². The van der Waals surface area contributed by atoms with E-state index < -0.39 is 0 Å². The molecule has 1 saturated heterocycles. The van der Waals surface area contributed by atoms with Crippen LogP contribution in [0.2, 0.25) is 0 Å². The van der Waals surface area contributed by atoms with E-state index >= 15 is 0 Å². The van der Waals surface area contributed by atoms with E-state index in [9.17, 15) is 4.79 Å². The fraction of sp³-hybridized carbons (Fsp3) is 0.562. The highest BCUT2D eigenvalue weighted by Gasteiger charge is 2.28. The second-order valence-electron chi connectivity index (χ2n) is 5.40. The zero-order valence-corrected chi connectivity index (χ0v) is 12.3. The Labute approximate surface area is 121 Å². The fourth-order valence-electron chi connectivity index (χ4n) is 2.54. The van der Waals surface area contributed by atoms with E-state index in [1.165, 1.54) is 5.56 Å². The molecule has 2 rings (SSSR count). The van der Waals surface area contributed by atoms with Gasteiger partial charge < -0.3 is 15.0 Å². The monoisotopic (exact) mass is 276 g/mol. The molecule has 1 aliphatic rings. The summed E-state index contributed by atoms with van der Waals surface area (Å²) < 4.78 is 5.95. The van der Waals surface area contributed by atoms with Crippen LogP contribution in [0.4, 0.5) is 4.79 Å². The minimum atomic E-state index is 0.0278. The predicted octanol–water partition coefficient (Wildman–Crippen LogP) is 2.44. The van der Waals surface area contributed by atoms with Gasteiger partial charge in [-0.05, 0) is 18.9 Å². The Hall–Kier alpha value is -1.55. The van der Waals surface area contributed by atoms with Gasteiger partial charge in [-0.25, -0.2) is 4.79 Å². The van der Waals surface area contributed by atoms with E-state index in [0.717, 1.165) is 19.4 Å². The number of hydrogen-bond acceptors (Lipinski definition) is 2. The molecule has 0 bridgehead atoms. The van der Waals surface area contributed by atoms with Crippen molar-refractivity contribution >= 4 is 6.03 Å². The highest BCUT2D eigenvalue weighted by Crippen LogP contribution is 2.15. The Kier molecular flexibility index (Phi) is 5.41. The van der Waals surface area contributed by atoms with Crippen molar-refractivity contribution in [3.63, 3.8) is 0 Å². The molecular formula is C16H24N2O2. The molecule has 0 radical (unpaired) electrons. The summed E-state index contributed by atoms with van der Waals surface area (Å²) in [6.45, 7) is 6.14. The van der Waals surface area contributed by atoms with Gasteiger partial charge in [0.1, 0.15) is 0 Å². The second-order valence-corrected chi connectivity index (χ2v) is 5.40. The molecule has 0 aliphatic carbocycles. The van der Waals surface area contributed by atoms with Crippen LogP contribution in [-0.4, -0.2) is 42.8 Å². The molecule has 110 valence electrons. The third-order valence-electron chi connectivity index (χ3n) is 3.45. The van der Waals surface area contributed by atoms with E-state index in [-0.39, 0.29) is 18.2 Å². The van der Waals surface area contributed by atoms with Gasteiger partial charge in [0, 0.05) is 26.1 Å². The molecule has 2 amide bonds. The van der Waals surface area contributed by atoms with Crippen LogP contribution in [0.5, 0.6) is 0 Å². The van der Waals surface area contributed by atoms with Gasteiger partial charge >= 0.3 is 6.03 Å². The number of benzene rings is 1.